The zero-order valence-corrected chi connectivity index (χ0v) is 26.9. The van der Waals surface area contributed by atoms with Crippen molar-refractivity contribution < 1.29 is 18.7 Å². The number of rotatable bonds is 23. The average molecular weight is 572 g/mol. The highest BCUT2D eigenvalue weighted by Crippen LogP contribution is 2.26. The third-order valence-corrected chi connectivity index (χ3v) is 7.44. The first-order valence-electron chi connectivity index (χ1n) is 16.1. The molecule has 0 aliphatic rings. The van der Waals surface area contributed by atoms with Crippen LogP contribution < -0.4 is 10.1 Å². The summed E-state index contributed by atoms with van der Waals surface area (Å²) in [4.78, 5) is 12.3. The van der Waals surface area contributed by atoms with Gasteiger partial charge in [-0.1, -0.05) is 84.0 Å². The van der Waals surface area contributed by atoms with Gasteiger partial charge in [0.1, 0.15) is 11.4 Å². The number of carbonyl (C=O) groups excluding carboxylic acids is 1. The monoisotopic (exact) mass is 571 g/mol. The van der Waals surface area contributed by atoms with Crippen LogP contribution >= 0.6 is 0 Å². The maximum absolute atomic E-state index is 12.3. The third kappa shape index (κ3) is 16.0. The zero-order chi connectivity index (χ0) is 30.0. The molecule has 1 amide bonds. The standard InChI is InChI=1S/C34H57N3O4/c1-7-8-9-10-11-12-13-14-15-16-17-18-19-20-31(38)35-27-34(5,6)39-26-25-33(3,4)41-30-23-21-29(22-24-30)32-37-36-28(2)40-32/h21-24H,7-20,25-27H2,1-6H3,(H,35,38). The highest BCUT2D eigenvalue weighted by molar-refractivity contribution is 5.75. The Bertz CT molecular complexity index is 969. The number of unbranched alkanes of at least 4 members (excludes halogenated alkanes) is 12. The van der Waals surface area contributed by atoms with Crippen molar-refractivity contribution in [2.75, 3.05) is 13.2 Å². The average Bonchev–Trinajstić information content (AvgIpc) is 3.36. The molecule has 0 unspecified atom stereocenters. The number of aromatic nitrogens is 2. The maximum atomic E-state index is 12.3. The minimum atomic E-state index is -0.439. The van der Waals surface area contributed by atoms with Gasteiger partial charge < -0.3 is 19.2 Å². The van der Waals surface area contributed by atoms with Crippen molar-refractivity contribution >= 4 is 5.91 Å². The number of hydrogen-bond donors (Lipinski definition) is 1. The number of hydrogen-bond acceptors (Lipinski definition) is 6. The Labute approximate surface area is 249 Å². The molecule has 0 saturated carbocycles. The van der Waals surface area contributed by atoms with E-state index < -0.39 is 11.2 Å². The molecule has 2 rings (SSSR count). The lowest BCUT2D eigenvalue weighted by Crippen LogP contribution is -2.41. The fourth-order valence-corrected chi connectivity index (χ4v) is 4.78. The van der Waals surface area contributed by atoms with Crippen LogP contribution in [0.25, 0.3) is 11.5 Å². The molecule has 7 heteroatoms. The summed E-state index contributed by atoms with van der Waals surface area (Å²) in [5, 5.41) is 11.0. The van der Waals surface area contributed by atoms with E-state index in [1.807, 2.05) is 38.1 Å². The fourth-order valence-electron chi connectivity index (χ4n) is 4.78. The largest absolute Gasteiger partial charge is 0.488 e. The molecule has 0 saturated heterocycles. The van der Waals surface area contributed by atoms with E-state index >= 15 is 0 Å². The Hall–Kier alpha value is -2.41. The molecule has 1 aromatic carbocycles. The minimum absolute atomic E-state index is 0.118. The van der Waals surface area contributed by atoms with Gasteiger partial charge in [0, 0.05) is 31.9 Å². The number of benzene rings is 1. The van der Waals surface area contributed by atoms with Crippen molar-refractivity contribution in [3.05, 3.63) is 30.2 Å². The van der Waals surface area contributed by atoms with E-state index in [4.69, 9.17) is 13.9 Å². The fraction of sp³-hybridized carbons (Fsp3) is 0.735. The Morgan fingerprint density at radius 3 is 1.90 bits per heavy atom. The Morgan fingerprint density at radius 1 is 0.805 bits per heavy atom. The highest BCUT2D eigenvalue weighted by Gasteiger charge is 2.24. The van der Waals surface area contributed by atoms with Gasteiger partial charge in [-0.25, -0.2) is 0 Å². The van der Waals surface area contributed by atoms with Crippen LogP contribution in [0, 0.1) is 6.92 Å². The molecule has 0 fully saturated rings. The lowest BCUT2D eigenvalue weighted by Gasteiger charge is -2.30. The van der Waals surface area contributed by atoms with Crippen molar-refractivity contribution in [2.24, 2.45) is 0 Å². The van der Waals surface area contributed by atoms with Crippen LogP contribution in [0.1, 0.15) is 137 Å². The lowest BCUT2D eigenvalue weighted by molar-refractivity contribution is -0.123. The normalized spacial score (nSPS) is 12.0. The van der Waals surface area contributed by atoms with E-state index in [0.717, 1.165) is 24.2 Å². The van der Waals surface area contributed by atoms with Gasteiger partial charge in [-0.15, -0.1) is 10.2 Å². The summed E-state index contributed by atoms with van der Waals surface area (Å²) in [7, 11) is 0. The molecule has 41 heavy (non-hydrogen) atoms. The minimum Gasteiger partial charge on any atom is -0.488 e. The van der Waals surface area contributed by atoms with E-state index in [0.29, 0.717) is 37.8 Å². The lowest BCUT2D eigenvalue weighted by atomic mass is 10.0. The number of ether oxygens (including phenoxy) is 2. The van der Waals surface area contributed by atoms with Gasteiger partial charge in [-0.05, 0) is 58.4 Å². The molecule has 0 aliphatic carbocycles. The van der Waals surface area contributed by atoms with Crippen molar-refractivity contribution in [1.29, 1.82) is 0 Å². The highest BCUT2D eigenvalue weighted by atomic mass is 16.5. The SMILES string of the molecule is CCCCCCCCCCCCCCCC(=O)NCC(C)(C)OCCC(C)(C)Oc1ccc(-c2nnc(C)o2)cc1. The van der Waals surface area contributed by atoms with E-state index in [9.17, 15) is 4.79 Å². The summed E-state index contributed by atoms with van der Waals surface area (Å²) in [6.45, 7) is 13.2. The first-order chi connectivity index (χ1) is 19.6. The first kappa shape index (κ1) is 34.8. The van der Waals surface area contributed by atoms with Crippen molar-refractivity contribution in [1.82, 2.24) is 15.5 Å². The summed E-state index contributed by atoms with van der Waals surface area (Å²) in [6, 6.07) is 7.65. The van der Waals surface area contributed by atoms with Gasteiger partial charge in [0.25, 0.3) is 0 Å². The summed E-state index contributed by atoms with van der Waals surface area (Å²) >= 11 is 0. The van der Waals surface area contributed by atoms with Crippen LogP contribution in [-0.4, -0.2) is 40.5 Å². The molecule has 0 radical (unpaired) electrons. The predicted octanol–water partition coefficient (Wildman–Crippen LogP) is 8.99. The summed E-state index contributed by atoms with van der Waals surface area (Å²) in [5.74, 6) is 1.93. The predicted molar refractivity (Wildman–Crippen MR) is 167 cm³/mol. The second-order valence-electron chi connectivity index (χ2n) is 12.6. The molecule has 0 aliphatic heterocycles. The number of carbonyl (C=O) groups is 1. The molecule has 1 heterocycles. The summed E-state index contributed by atoms with van der Waals surface area (Å²) in [6.07, 6.45) is 18.4. The molecule has 1 aromatic heterocycles. The van der Waals surface area contributed by atoms with Crippen LogP contribution in [0.15, 0.2) is 28.7 Å². The maximum Gasteiger partial charge on any atom is 0.247 e. The molecular formula is C34H57N3O4. The van der Waals surface area contributed by atoms with E-state index in [1.54, 1.807) is 6.92 Å². The molecular weight excluding hydrogens is 514 g/mol. The van der Waals surface area contributed by atoms with Crippen LogP contribution in [-0.2, 0) is 9.53 Å². The van der Waals surface area contributed by atoms with Crippen molar-refractivity contribution in [2.45, 2.75) is 149 Å². The smallest absolute Gasteiger partial charge is 0.247 e. The number of aryl methyl sites for hydroxylation is 1. The van der Waals surface area contributed by atoms with Crippen molar-refractivity contribution in [3.63, 3.8) is 0 Å². The quantitative estimate of drug-likeness (QED) is 0.134. The van der Waals surface area contributed by atoms with Gasteiger partial charge in [0.15, 0.2) is 0 Å². The van der Waals surface area contributed by atoms with Gasteiger partial charge >= 0.3 is 0 Å². The molecule has 0 bridgehead atoms. The summed E-state index contributed by atoms with van der Waals surface area (Å²) < 4.78 is 17.8. The molecule has 2 aromatic rings. The van der Waals surface area contributed by atoms with E-state index in [2.05, 4.69) is 36.3 Å². The van der Waals surface area contributed by atoms with E-state index in [-0.39, 0.29) is 5.91 Å². The van der Waals surface area contributed by atoms with Gasteiger partial charge in [-0.2, -0.15) is 0 Å². The van der Waals surface area contributed by atoms with Crippen LogP contribution in [0.4, 0.5) is 0 Å². The molecule has 0 atom stereocenters. The Kier molecular flexibility index (Phi) is 16.0. The number of nitrogens with one attached hydrogen (secondary N) is 1. The van der Waals surface area contributed by atoms with Crippen LogP contribution in [0.3, 0.4) is 0 Å². The first-order valence-corrected chi connectivity index (χ1v) is 16.1. The van der Waals surface area contributed by atoms with Gasteiger partial charge in [0.2, 0.25) is 17.7 Å². The molecule has 1 N–H and O–H groups in total. The molecule has 0 spiro atoms. The summed E-state index contributed by atoms with van der Waals surface area (Å²) in [5.41, 5.74) is 0.0128. The van der Waals surface area contributed by atoms with Gasteiger partial charge in [0.05, 0.1) is 12.2 Å². The second kappa shape index (κ2) is 18.9. The number of amides is 1. The Morgan fingerprint density at radius 2 is 1.37 bits per heavy atom. The third-order valence-electron chi connectivity index (χ3n) is 7.44. The Balaban J connectivity index is 1.51. The topological polar surface area (TPSA) is 86.5 Å². The van der Waals surface area contributed by atoms with Crippen LogP contribution in [0.5, 0.6) is 5.75 Å². The molecule has 232 valence electrons. The molecule has 7 nitrogen and oxygen atoms in total. The second-order valence-corrected chi connectivity index (χ2v) is 12.6. The van der Waals surface area contributed by atoms with Crippen molar-refractivity contribution in [3.8, 4) is 17.2 Å². The number of nitrogens with zero attached hydrogens (tertiary/aromatic N) is 2. The van der Waals surface area contributed by atoms with Crippen LogP contribution in [0.2, 0.25) is 0 Å². The van der Waals surface area contributed by atoms with Gasteiger partial charge in [-0.3, -0.25) is 4.79 Å². The van der Waals surface area contributed by atoms with E-state index in [1.165, 1.54) is 70.6 Å². The zero-order valence-electron chi connectivity index (χ0n) is 26.9.